The van der Waals surface area contributed by atoms with Gasteiger partial charge in [0, 0.05) is 12.6 Å². The summed E-state index contributed by atoms with van der Waals surface area (Å²) in [5.74, 6) is 2.10. The van der Waals surface area contributed by atoms with Gasteiger partial charge in [-0.1, -0.05) is 18.2 Å². The van der Waals surface area contributed by atoms with Crippen LogP contribution in [-0.2, 0) is 0 Å². The van der Waals surface area contributed by atoms with Gasteiger partial charge in [0.15, 0.2) is 5.82 Å². The first kappa shape index (κ1) is 18.1. The van der Waals surface area contributed by atoms with Crippen molar-refractivity contribution in [3.63, 3.8) is 0 Å². The Labute approximate surface area is 162 Å². The standard InChI is InChI=1S/C20H22FN7/c1-3-5-16-12-18(27-26-16)24-19-22-13(2)23-20(25-19)28-11-4-6-17(28)14-7-9-15(21)10-8-14/h3,5,7-10,12,17H,4,6,11H2,1-2H3,(H2,22,23,24,25,26,27)/b5-3+. The van der Waals surface area contributed by atoms with E-state index < -0.39 is 0 Å². The predicted octanol–water partition coefficient (Wildman–Crippen LogP) is 4.16. The summed E-state index contributed by atoms with van der Waals surface area (Å²) in [5.41, 5.74) is 1.96. The topological polar surface area (TPSA) is 82.6 Å². The summed E-state index contributed by atoms with van der Waals surface area (Å²) in [6.07, 6.45) is 5.87. The second-order valence-electron chi connectivity index (χ2n) is 6.74. The van der Waals surface area contributed by atoms with Crippen molar-refractivity contribution in [2.24, 2.45) is 0 Å². The van der Waals surface area contributed by atoms with Gasteiger partial charge in [-0.05, 0) is 50.5 Å². The van der Waals surface area contributed by atoms with Gasteiger partial charge in [-0.3, -0.25) is 5.10 Å². The number of allylic oxidation sites excluding steroid dienone is 1. The van der Waals surface area contributed by atoms with E-state index in [0.29, 0.717) is 23.5 Å². The molecule has 7 nitrogen and oxygen atoms in total. The number of halogens is 1. The molecule has 4 rings (SSSR count). The van der Waals surface area contributed by atoms with E-state index in [0.717, 1.165) is 30.6 Å². The number of aromatic nitrogens is 5. The lowest BCUT2D eigenvalue weighted by Crippen LogP contribution is -2.25. The summed E-state index contributed by atoms with van der Waals surface area (Å²) in [6.45, 7) is 4.64. The molecule has 2 aromatic heterocycles. The summed E-state index contributed by atoms with van der Waals surface area (Å²) in [7, 11) is 0. The van der Waals surface area contributed by atoms with Crippen molar-refractivity contribution in [1.29, 1.82) is 0 Å². The highest BCUT2D eigenvalue weighted by atomic mass is 19.1. The summed E-state index contributed by atoms with van der Waals surface area (Å²) < 4.78 is 13.3. The molecule has 1 aliphatic heterocycles. The van der Waals surface area contributed by atoms with E-state index >= 15 is 0 Å². The zero-order chi connectivity index (χ0) is 19.5. The minimum atomic E-state index is -0.230. The molecular formula is C20H22FN7. The van der Waals surface area contributed by atoms with Crippen molar-refractivity contribution < 1.29 is 4.39 Å². The second-order valence-corrected chi connectivity index (χ2v) is 6.74. The second kappa shape index (κ2) is 7.75. The van der Waals surface area contributed by atoms with E-state index in [1.54, 1.807) is 0 Å². The number of aryl methyl sites for hydroxylation is 1. The van der Waals surface area contributed by atoms with Gasteiger partial charge in [0.25, 0.3) is 0 Å². The lowest BCUT2D eigenvalue weighted by atomic mass is 10.0. The van der Waals surface area contributed by atoms with Crippen LogP contribution >= 0.6 is 0 Å². The van der Waals surface area contributed by atoms with Crippen LogP contribution in [0.4, 0.5) is 22.1 Å². The molecule has 1 aromatic carbocycles. The third kappa shape index (κ3) is 3.85. The summed E-state index contributed by atoms with van der Waals surface area (Å²) in [5, 5.41) is 10.3. The lowest BCUT2D eigenvalue weighted by Gasteiger charge is -2.25. The van der Waals surface area contributed by atoms with Crippen LogP contribution in [0.25, 0.3) is 6.08 Å². The van der Waals surface area contributed by atoms with Gasteiger partial charge in [-0.2, -0.15) is 20.1 Å². The first-order valence-corrected chi connectivity index (χ1v) is 9.32. The van der Waals surface area contributed by atoms with Crippen molar-refractivity contribution in [3.8, 4) is 0 Å². The Morgan fingerprint density at radius 2 is 2.04 bits per heavy atom. The highest BCUT2D eigenvalue weighted by molar-refractivity contribution is 5.55. The monoisotopic (exact) mass is 379 g/mol. The molecule has 1 fully saturated rings. The third-order valence-corrected chi connectivity index (χ3v) is 4.68. The number of anilines is 3. The van der Waals surface area contributed by atoms with Gasteiger partial charge in [0.05, 0.1) is 11.7 Å². The zero-order valence-corrected chi connectivity index (χ0v) is 15.9. The maximum atomic E-state index is 13.3. The van der Waals surface area contributed by atoms with Crippen molar-refractivity contribution in [3.05, 3.63) is 59.3 Å². The van der Waals surface area contributed by atoms with Crippen LogP contribution in [-0.4, -0.2) is 31.7 Å². The fraction of sp³-hybridized carbons (Fsp3) is 0.300. The average molecular weight is 379 g/mol. The minimum absolute atomic E-state index is 0.127. The molecule has 0 radical (unpaired) electrons. The number of nitrogens with one attached hydrogen (secondary N) is 2. The van der Waals surface area contributed by atoms with Gasteiger partial charge in [0.1, 0.15) is 11.6 Å². The molecule has 3 heterocycles. The molecule has 144 valence electrons. The van der Waals surface area contributed by atoms with E-state index in [2.05, 4.69) is 35.4 Å². The largest absolute Gasteiger partial charge is 0.334 e. The molecule has 2 N–H and O–H groups in total. The Bertz CT molecular complexity index is 980. The summed E-state index contributed by atoms with van der Waals surface area (Å²) in [4.78, 5) is 15.7. The molecule has 3 aromatic rings. The van der Waals surface area contributed by atoms with Gasteiger partial charge < -0.3 is 10.2 Å². The van der Waals surface area contributed by atoms with Gasteiger partial charge in [0.2, 0.25) is 11.9 Å². The maximum Gasteiger partial charge on any atom is 0.233 e. The molecule has 1 saturated heterocycles. The molecule has 28 heavy (non-hydrogen) atoms. The zero-order valence-electron chi connectivity index (χ0n) is 15.9. The number of aromatic amines is 1. The number of H-pyrrole nitrogens is 1. The van der Waals surface area contributed by atoms with E-state index in [-0.39, 0.29) is 11.9 Å². The van der Waals surface area contributed by atoms with Crippen LogP contribution in [0.5, 0.6) is 0 Å². The molecular weight excluding hydrogens is 357 g/mol. The van der Waals surface area contributed by atoms with E-state index in [9.17, 15) is 4.39 Å². The van der Waals surface area contributed by atoms with Gasteiger partial charge in [-0.15, -0.1) is 0 Å². The molecule has 1 unspecified atom stereocenters. The number of hydrogen-bond acceptors (Lipinski definition) is 6. The first-order valence-electron chi connectivity index (χ1n) is 9.32. The minimum Gasteiger partial charge on any atom is -0.334 e. The molecule has 0 amide bonds. The Kier molecular flexibility index (Phi) is 5.01. The van der Waals surface area contributed by atoms with Crippen molar-refractivity contribution >= 4 is 23.8 Å². The third-order valence-electron chi connectivity index (χ3n) is 4.68. The Morgan fingerprint density at radius 3 is 2.82 bits per heavy atom. The first-order chi connectivity index (χ1) is 13.6. The maximum absolute atomic E-state index is 13.3. The number of hydrogen-bond donors (Lipinski definition) is 2. The van der Waals surface area contributed by atoms with Crippen LogP contribution < -0.4 is 10.2 Å². The number of rotatable bonds is 5. The van der Waals surface area contributed by atoms with Gasteiger partial charge in [-0.25, -0.2) is 4.39 Å². The summed E-state index contributed by atoms with van der Waals surface area (Å²) >= 11 is 0. The fourth-order valence-corrected chi connectivity index (χ4v) is 3.47. The van der Waals surface area contributed by atoms with Crippen LogP contribution in [0, 0.1) is 12.7 Å². The smallest absolute Gasteiger partial charge is 0.233 e. The fourth-order valence-electron chi connectivity index (χ4n) is 3.47. The number of benzene rings is 1. The average Bonchev–Trinajstić information content (AvgIpc) is 3.32. The molecule has 0 bridgehead atoms. The lowest BCUT2D eigenvalue weighted by molar-refractivity contribution is 0.623. The van der Waals surface area contributed by atoms with Crippen LogP contribution in [0.3, 0.4) is 0 Å². The highest BCUT2D eigenvalue weighted by Crippen LogP contribution is 2.34. The SMILES string of the molecule is C/C=C/c1cc(Nc2nc(C)nc(N3CCCC3c3ccc(F)cc3)n2)n[nH]1. The summed E-state index contributed by atoms with van der Waals surface area (Å²) in [6, 6.07) is 8.67. The highest BCUT2D eigenvalue weighted by Gasteiger charge is 2.28. The Morgan fingerprint density at radius 1 is 1.21 bits per heavy atom. The van der Waals surface area contributed by atoms with Crippen molar-refractivity contribution in [2.75, 3.05) is 16.8 Å². The van der Waals surface area contributed by atoms with E-state index in [1.165, 1.54) is 12.1 Å². The van der Waals surface area contributed by atoms with Gasteiger partial charge >= 0.3 is 0 Å². The van der Waals surface area contributed by atoms with Crippen molar-refractivity contribution in [1.82, 2.24) is 25.1 Å². The number of nitrogens with zero attached hydrogens (tertiary/aromatic N) is 5. The molecule has 0 saturated carbocycles. The molecule has 8 heteroatoms. The molecule has 1 atom stereocenters. The van der Waals surface area contributed by atoms with Crippen LogP contribution in [0.2, 0.25) is 0 Å². The predicted molar refractivity (Wildman–Crippen MR) is 107 cm³/mol. The van der Waals surface area contributed by atoms with E-state index in [1.807, 2.05) is 44.2 Å². The van der Waals surface area contributed by atoms with Crippen LogP contribution in [0.15, 0.2) is 36.4 Å². The normalized spacial score (nSPS) is 16.8. The Hall–Kier alpha value is -3.29. The molecule has 0 spiro atoms. The molecule has 0 aliphatic carbocycles. The Balaban J connectivity index is 1.59. The molecule has 1 aliphatic rings. The van der Waals surface area contributed by atoms with E-state index in [4.69, 9.17) is 0 Å². The van der Waals surface area contributed by atoms with Crippen LogP contribution in [0.1, 0.15) is 42.9 Å². The van der Waals surface area contributed by atoms with Crippen molar-refractivity contribution in [2.45, 2.75) is 32.7 Å². The quantitative estimate of drug-likeness (QED) is 0.693.